The molecule has 3 aromatic carbocycles. The molecule has 0 saturated heterocycles. The van der Waals surface area contributed by atoms with Crippen molar-refractivity contribution in [1.82, 2.24) is 0 Å². The summed E-state index contributed by atoms with van der Waals surface area (Å²) in [5.41, 5.74) is -3.50. The molecule has 19 nitrogen and oxygen atoms in total. The van der Waals surface area contributed by atoms with E-state index in [1.807, 2.05) is 0 Å². The third kappa shape index (κ3) is 9.64. The molecule has 31 heteroatoms. The van der Waals surface area contributed by atoms with Crippen molar-refractivity contribution in [1.29, 1.82) is 0 Å². The third-order valence-electron chi connectivity index (χ3n) is 12.8. The van der Waals surface area contributed by atoms with Crippen LogP contribution in [-0.2, 0) is 19.8 Å². The molecule has 422 valence electrons. The van der Waals surface area contributed by atoms with Crippen molar-refractivity contribution in [2.24, 2.45) is 0 Å². The summed E-state index contributed by atoms with van der Waals surface area (Å²) in [5, 5.41) is 151. The Balaban J connectivity index is 1.60. The smallest absolute Gasteiger partial charge is 0.340 e. The van der Waals surface area contributed by atoms with Gasteiger partial charge in [-0.25, -0.2) is 14.4 Å². The topological polar surface area (TPSA) is 342 Å². The van der Waals surface area contributed by atoms with Gasteiger partial charge in [-0.05, 0) is 20.8 Å². The lowest BCUT2D eigenvalue weighted by Gasteiger charge is -2.39. The van der Waals surface area contributed by atoms with Crippen LogP contribution in [-0.4, -0.2) is 208 Å². The van der Waals surface area contributed by atoms with Gasteiger partial charge in [-0.3, -0.25) is 0 Å². The van der Waals surface area contributed by atoms with Crippen LogP contribution in [0.25, 0.3) is 0 Å². The van der Waals surface area contributed by atoms with Crippen LogP contribution in [0.15, 0.2) is 58.7 Å². The number of carbonyl (C=O) groups is 3. The Bertz CT molecular complexity index is 2440. The number of ether oxygens (including phenoxy) is 3. The molecular weight excluding hydrogens is 1240 g/mol. The number of thioether (sulfide) groups is 12. The monoisotopic (exact) mass is 1290 g/mol. The van der Waals surface area contributed by atoms with E-state index in [9.17, 15) is 75.7 Å². The molecule has 0 bridgehead atoms. The molecule has 13 N–H and O–H groups in total. The number of fused-ring (bicyclic) bond motifs is 6. The van der Waals surface area contributed by atoms with Gasteiger partial charge in [0.05, 0.1) is 116 Å². The number of hydrogen-bond donors (Lipinski definition) is 13. The lowest BCUT2D eigenvalue weighted by Crippen LogP contribution is -2.36. The van der Waals surface area contributed by atoms with Crippen LogP contribution < -0.4 is 0 Å². The fraction of sp³-hybridized carbons (Fsp3) is 0.543. The molecule has 6 heterocycles. The molecule has 3 aromatic rings. The molecule has 0 amide bonds. The highest BCUT2D eigenvalue weighted by Crippen LogP contribution is 2.76. The second kappa shape index (κ2) is 23.3. The first-order chi connectivity index (χ1) is 36.8. The number of rotatable bonds is 21. The first kappa shape index (κ1) is 61.3. The van der Waals surface area contributed by atoms with Crippen LogP contribution in [0.4, 0.5) is 0 Å². The van der Waals surface area contributed by atoms with E-state index < -0.39 is 127 Å². The second-order valence-corrected chi connectivity index (χ2v) is 35.9. The molecule has 6 aliphatic heterocycles. The minimum Gasteiger partial charge on any atom is -0.462 e. The van der Waals surface area contributed by atoms with E-state index >= 15 is 5.11 Å². The van der Waals surface area contributed by atoms with Gasteiger partial charge in [-0.2, -0.15) is 0 Å². The van der Waals surface area contributed by atoms with Crippen molar-refractivity contribution in [3.63, 3.8) is 0 Å². The maximum absolute atomic E-state index is 15.9. The number of aliphatic hydroxyl groups is 13. The Hall–Kier alpha value is -0.250. The fourth-order valence-corrected chi connectivity index (χ4v) is 27.2. The zero-order valence-corrected chi connectivity index (χ0v) is 50.6. The lowest BCUT2D eigenvalue weighted by atomic mass is 9.78. The zero-order valence-electron chi connectivity index (χ0n) is 40.8. The molecular formula is C46H52O19S12. The summed E-state index contributed by atoms with van der Waals surface area (Å²) in [7, 11) is 0. The van der Waals surface area contributed by atoms with Crippen molar-refractivity contribution in [3.05, 3.63) is 33.4 Å². The van der Waals surface area contributed by atoms with Gasteiger partial charge in [0.1, 0.15) is 30.1 Å². The average molecular weight is 1290 g/mol. The predicted molar refractivity (Wildman–Crippen MR) is 301 cm³/mol. The van der Waals surface area contributed by atoms with E-state index in [0.29, 0.717) is 0 Å². The van der Waals surface area contributed by atoms with E-state index in [2.05, 4.69) is 0 Å². The molecule has 0 radical (unpaired) electrons. The van der Waals surface area contributed by atoms with E-state index in [-0.39, 0.29) is 112 Å². The summed E-state index contributed by atoms with van der Waals surface area (Å²) >= 11 is 10.7. The number of hydrogen-bond acceptors (Lipinski definition) is 31. The Kier molecular flexibility index (Phi) is 18.6. The molecule has 0 saturated carbocycles. The number of benzene rings is 3. The van der Waals surface area contributed by atoms with Crippen molar-refractivity contribution in [2.75, 3.05) is 99.1 Å². The van der Waals surface area contributed by atoms with E-state index in [4.69, 9.17) is 14.2 Å². The summed E-state index contributed by atoms with van der Waals surface area (Å²) in [4.78, 5) is 44.8. The first-order valence-electron chi connectivity index (χ1n) is 23.4. The van der Waals surface area contributed by atoms with Crippen molar-refractivity contribution in [2.45, 2.75) is 110 Å². The van der Waals surface area contributed by atoms with Gasteiger partial charge in [0, 0.05) is 75.4 Å². The van der Waals surface area contributed by atoms with E-state index in [1.165, 1.54) is 0 Å². The molecule has 0 atom stereocenters. The SMILES string of the molecule is CCOC(=O)c1c2c(c(C(O)(c3c4c(c(C(=O)OCC)c5c3SC(CO)(CO)S5)SC(CO)(CO)S4)c3c4c(c(C(=O)OCC)c5c3SC(CO)(CO)S5)SC(CO)(CO)S4)c3c1SC(CO)(CO)S3)SC(CO)(CO)S2. The van der Waals surface area contributed by atoms with Crippen molar-refractivity contribution >= 4 is 159 Å². The van der Waals surface area contributed by atoms with Crippen molar-refractivity contribution in [3.8, 4) is 0 Å². The molecule has 0 unspecified atom stereocenters. The number of esters is 3. The van der Waals surface area contributed by atoms with E-state index in [1.54, 1.807) is 20.8 Å². The van der Waals surface area contributed by atoms with Crippen molar-refractivity contribution < 1.29 is 95.0 Å². The van der Waals surface area contributed by atoms with Crippen LogP contribution in [0.1, 0.15) is 68.5 Å². The molecule has 0 aliphatic carbocycles. The van der Waals surface area contributed by atoms with Gasteiger partial charge < -0.3 is 80.6 Å². The van der Waals surface area contributed by atoms with Crippen LogP contribution in [0, 0.1) is 0 Å². The fourth-order valence-electron chi connectivity index (χ4n) is 9.11. The minimum absolute atomic E-state index is 0.0611. The number of carbonyl (C=O) groups excluding carboxylic acids is 3. The van der Waals surface area contributed by atoms with Crippen LogP contribution in [0.5, 0.6) is 0 Å². The van der Waals surface area contributed by atoms with Gasteiger partial charge >= 0.3 is 17.9 Å². The molecule has 0 aromatic heterocycles. The van der Waals surface area contributed by atoms with Crippen LogP contribution >= 0.6 is 141 Å². The lowest BCUT2D eigenvalue weighted by molar-refractivity contribution is 0.0507. The minimum atomic E-state index is -2.90. The van der Waals surface area contributed by atoms with Crippen LogP contribution in [0.3, 0.4) is 0 Å². The third-order valence-corrected chi connectivity index (χ3v) is 31.5. The maximum atomic E-state index is 15.9. The normalized spacial score (nSPS) is 20.1. The summed E-state index contributed by atoms with van der Waals surface area (Å²) in [6.45, 7) is -4.24. The van der Waals surface area contributed by atoms with Crippen LogP contribution in [0.2, 0.25) is 0 Å². The van der Waals surface area contributed by atoms with E-state index in [0.717, 1.165) is 141 Å². The van der Waals surface area contributed by atoms with Gasteiger partial charge in [0.25, 0.3) is 0 Å². The molecule has 77 heavy (non-hydrogen) atoms. The molecule has 6 aliphatic rings. The standard InChI is InChI=1S/C46H52O19S12/c1-4-63-37(59)19-25-31(72-40(7-47,8-48)66-25)22(32-26(19)67-41(9-49,10-50)73-32)46(62,23-33-27(68-42(11-51,12-52)74-33)20(38(60)64-5-2)28-34(23)75-43(13-53,14-54)69-28)24-35-29(70-44(15-55,16-56)76-35)21(39(61)65-6-3)30-36(24)77-45(17-57,18-58)71-30/h47-58,62H,4-18H2,1-3H3. The van der Waals surface area contributed by atoms with Gasteiger partial charge in [0.15, 0.2) is 0 Å². The Morgan fingerprint density at radius 2 is 0.455 bits per heavy atom. The highest BCUT2D eigenvalue weighted by Gasteiger charge is 2.62. The summed E-state index contributed by atoms with van der Waals surface area (Å²) in [5.74, 6) is -2.61. The van der Waals surface area contributed by atoms with Gasteiger partial charge in [-0.1, -0.05) is 0 Å². The number of aliphatic hydroxyl groups excluding tert-OH is 12. The predicted octanol–water partition coefficient (Wildman–Crippen LogP) is 3.77. The zero-order chi connectivity index (χ0) is 55.8. The first-order valence-corrected chi connectivity index (χ1v) is 33.2. The second-order valence-electron chi connectivity index (χ2n) is 17.7. The highest BCUT2D eigenvalue weighted by atomic mass is 32.2. The Morgan fingerprint density at radius 3 is 0.584 bits per heavy atom. The average Bonchev–Trinajstić information content (AvgIpc) is 4.01. The Labute approximate surface area is 491 Å². The molecule has 0 spiro atoms. The van der Waals surface area contributed by atoms with Gasteiger partial charge in [-0.15, -0.1) is 141 Å². The maximum Gasteiger partial charge on any atom is 0.340 e. The largest absolute Gasteiger partial charge is 0.462 e. The Morgan fingerprint density at radius 1 is 0.312 bits per heavy atom. The summed E-state index contributed by atoms with van der Waals surface area (Å²) in [6.07, 6.45) is 0. The quantitative estimate of drug-likeness (QED) is 0.0410. The molecule has 0 fully saturated rings. The molecule has 9 rings (SSSR count). The highest BCUT2D eigenvalue weighted by molar-refractivity contribution is 8.23. The summed E-state index contributed by atoms with van der Waals surface area (Å²) < 4.78 is 7.52. The van der Waals surface area contributed by atoms with Gasteiger partial charge in [0.2, 0.25) is 0 Å². The summed E-state index contributed by atoms with van der Waals surface area (Å²) in [6, 6.07) is 0.